The number of fused-ring (bicyclic) bond motifs is 2. The maximum atomic E-state index is 12.4. The van der Waals surface area contributed by atoms with Crippen LogP contribution in [0.15, 0.2) is 47.4 Å². The number of halogens is 5. The molecule has 2 aromatic carbocycles. The molecule has 1 fully saturated rings. The molecule has 1 saturated heterocycles. The van der Waals surface area contributed by atoms with Crippen LogP contribution in [0.2, 0.25) is 10.0 Å². The number of piperidine rings is 1. The molecular formula is C25H23Cl2F3N4O3. The van der Waals surface area contributed by atoms with Crippen molar-refractivity contribution < 1.29 is 23.1 Å². The summed E-state index contributed by atoms with van der Waals surface area (Å²) in [4.78, 5) is 34.8. The third-order valence-corrected chi connectivity index (χ3v) is 6.80. The van der Waals surface area contributed by atoms with Gasteiger partial charge in [-0.05, 0) is 68.2 Å². The standard InChI is InChI=1S/C23H22Cl2N4O.C2HF3O2/c24-16-1-3-18-15(13-26-20(18)11-16)7-10-29-8-5-14(6-9-29)22-27-21-12-17(25)2-4-19(21)23(30)28-22;3-2(4,5)1(6)7/h1-4,11-14,26H,5-10H2,(H,27,28,30);(H,6,7). The van der Waals surface area contributed by atoms with Gasteiger partial charge >= 0.3 is 12.1 Å². The molecular weight excluding hydrogens is 532 g/mol. The van der Waals surface area contributed by atoms with Crippen LogP contribution in [-0.4, -0.2) is 56.7 Å². The van der Waals surface area contributed by atoms with Crippen molar-refractivity contribution in [3.05, 3.63) is 74.4 Å². The third kappa shape index (κ3) is 6.63. The van der Waals surface area contributed by atoms with Gasteiger partial charge in [-0.2, -0.15) is 13.2 Å². The number of aromatic amines is 2. The number of alkyl halides is 3. The molecule has 0 saturated carbocycles. The summed E-state index contributed by atoms with van der Waals surface area (Å²) < 4.78 is 31.7. The van der Waals surface area contributed by atoms with Crippen LogP contribution in [0.4, 0.5) is 13.2 Å². The number of carboxylic acid groups (broad SMARTS) is 1. The monoisotopic (exact) mass is 554 g/mol. The SMILES string of the molecule is O=C(O)C(F)(F)F.O=c1[nH]c(C2CCN(CCc3c[nH]c4cc(Cl)ccc34)CC2)nc2cc(Cl)ccc12. The van der Waals surface area contributed by atoms with E-state index in [4.69, 9.17) is 38.1 Å². The van der Waals surface area contributed by atoms with Gasteiger partial charge in [-0.15, -0.1) is 0 Å². The highest BCUT2D eigenvalue weighted by Gasteiger charge is 2.38. The van der Waals surface area contributed by atoms with E-state index < -0.39 is 12.1 Å². The van der Waals surface area contributed by atoms with Gasteiger partial charge in [0.05, 0.1) is 10.9 Å². The molecule has 0 spiro atoms. The minimum atomic E-state index is -5.08. The highest BCUT2D eigenvalue weighted by atomic mass is 35.5. The molecule has 0 amide bonds. The van der Waals surface area contributed by atoms with Crippen molar-refractivity contribution in [3.8, 4) is 0 Å². The Morgan fingerprint density at radius 3 is 2.35 bits per heavy atom. The fraction of sp³-hybridized carbons (Fsp3) is 0.320. The van der Waals surface area contributed by atoms with Gasteiger partial charge in [0.2, 0.25) is 0 Å². The van der Waals surface area contributed by atoms with Crippen molar-refractivity contribution in [2.24, 2.45) is 0 Å². The van der Waals surface area contributed by atoms with Crippen molar-refractivity contribution in [2.75, 3.05) is 19.6 Å². The van der Waals surface area contributed by atoms with Gasteiger partial charge in [0.1, 0.15) is 5.82 Å². The highest BCUT2D eigenvalue weighted by Crippen LogP contribution is 2.27. The number of carbonyl (C=O) groups is 1. The lowest BCUT2D eigenvalue weighted by Gasteiger charge is -2.31. The maximum Gasteiger partial charge on any atom is 0.490 e. The Labute approximate surface area is 219 Å². The lowest BCUT2D eigenvalue weighted by atomic mass is 9.95. The normalized spacial score (nSPS) is 15.1. The minimum absolute atomic E-state index is 0.0893. The van der Waals surface area contributed by atoms with Crippen molar-refractivity contribution in [2.45, 2.75) is 31.4 Å². The second-order valence-electron chi connectivity index (χ2n) is 8.79. The predicted molar refractivity (Wildman–Crippen MR) is 136 cm³/mol. The Morgan fingerprint density at radius 2 is 1.70 bits per heavy atom. The van der Waals surface area contributed by atoms with Crippen molar-refractivity contribution >= 4 is 51.0 Å². The Balaban J connectivity index is 0.000000405. The van der Waals surface area contributed by atoms with Crippen LogP contribution in [-0.2, 0) is 11.2 Å². The van der Waals surface area contributed by atoms with E-state index in [1.807, 2.05) is 12.1 Å². The first-order chi connectivity index (χ1) is 17.5. The van der Waals surface area contributed by atoms with Crippen molar-refractivity contribution in [1.82, 2.24) is 19.9 Å². The van der Waals surface area contributed by atoms with E-state index in [1.54, 1.807) is 18.2 Å². The number of aliphatic carboxylic acids is 1. The quantitative estimate of drug-likeness (QED) is 0.297. The molecule has 12 heteroatoms. The number of hydrogen-bond acceptors (Lipinski definition) is 4. The van der Waals surface area contributed by atoms with Crippen LogP contribution >= 0.6 is 23.2 Å². The van der Waals surface area contributed by atoms with E-state index in [1.165, 1.54) is 10.9 Å². The average Bonchev–Trinajstić information content (AvgIpc) is 3.24. The average molecular weight is 555 g/mol. The third-order valence-electron chi connectivity index (χ3n) is 6.33. The Bertz CT molecular complexity index is 1480. The first-order valence-corrected chi connectivity index (χ1v) is 12.2. The van der Waals surface area contributed by atoms with E-state index in [0.29, 0.717) is 15.9 Å². The molecule has 2 aromatic heterocycles. The zero-order valence-electron chi connectivity index (χ0n) is 19.4. The number of carboxylic acids is 1. The summed E-state index contributed by atoms with van der Waals surface area (Å²) in [7, 11) is 0. The van der Waals surface area contributed by atoms with Gasteiger partial charge in [-0.3, -0.25) is 4.79 Å². The molecule has 0 radical (unpaired) electrons. The van der Waals surface area contributed by atoms with E-state index in [0.717, 1.165) is 55.3 Å². The number of likely N-dealkylation sites (tertiary alicyclic amines) is 1. The van der Waals surface area contributed by atoms with Crippen LogP contribution in [0.5, 0.6) is 0 Å². The van der Waals surface area contributed by atoms with Crippen LogP contribution < -0.4 is 5.56 Å². The lowest BCUT2D eigenvalue weighted by molar-refractivity contribution is -0.192. The maximum absolute atomic E-state index is 12.4. The smallest absolute Gasteiger partial charge is 0.475 e. The molecule has 0 atom stereocenters. The lowest BCUT2D eigenvalue weighted by Crippen LogP contribution is -2.35. The van der Waals surface area contributed by atoms with Gasteiger partial charge in [-0.25, -0.2) is 9.78 Å². The van der Waals surface area contributed by atoms with Crippen LogP contribution in [0, 0.1) is 0 Å². The predicted octanol–water partition coefficient (Wildman–Crippen LogP) is 5.77. The van der Waals surface area contributed by atoms with Crippen LogP contribution in [0.25, 0.3) is 21.8 Å². The summed E-state index contributed by atoms with van der Waals surface area (Å²) in [6.07, 6.45) is -0.0323. The summed E-state index contributed by atoms with van der Waals surface area (Å²) >= 11 is 12.2. The molecule has 4 aromatic rings. The van der Waals surface area contributed by atoms with E-state index >= 15 is 0 Å². The number of nitrogens with one attached hydrogen (secondary N) is 2. The number of rotatable bonds is 4. The van der Waals surface area contributed by atoms with Crippen LogP contribution in [0.3, 0.4) is 0 Å². The fourth-order valence-electron chi connectivity index (χ4n) is 4.40. The molecule has 1 aliphatic heterocycles. The number of benzene rings is 2. The molecule has 0 aliphatic carbocycles. The van der Waals surface area contributed by atoms with E-state index in [9.17, 15) is 18.0 Å². The van der Waals surface area contributed by atoms with E-state index in [-0.39, 0.29) is 11.5 Å². The highest BCUT2D eigenvalue weighted by molar-refractivity contribution is 6.31. The van der Waals surface area contributed by atoms with Crippen molar-refractivity contribution in [3.63, 3.8) is 0 Å². The summed E-state index contributed by atoms with van der Waals surface area (Å²) in [6.45, 7) is 3.01. The van der Waals surface area contributed by atoms with Gasteiger partial charge in [0, 0.05) is 39.6 Å². The molecule has 0 bridgehead atoms. The first-order valence-electron chi connectivity index (χ1n) is 11.5. The fourth-order valence-corrected chi connectivity index (χ4v) is 4.74. The number of H-pyrrole nitrogens is 2. The van der Waals surface area contributed by atoms with Gasteiger partial charge in [-0.1, -0.05) is 29.3 Å². The molecule has 1 aliphatic rings. The molecule has 7 nitrogen and oxygen atoms in total. The molecule has 3 N–H and O–H groups in total. The van der Waals surface area contributed by atoms with E-state index in [2.05, 4.69) is 27.1 Å². The second-order valence-corrected chi connectivity index (χ2v) is 9.66. The zero-order chi connectivity index (χ0) is 26.7. The Morgan fingerprint density at radius 1 is 1.08 bits per heavy atom. The van der Waals surface area contributed by atoms with Crippen molar-refractivity contribution in [1.29, 1.82) is 0 Å². The summed E-state index contributed by atoms with van der Waals surface area (Å²) in [5.74, 6) is -1.71. The summed E-state index contributed by atoms with van der Waals surface area (Å²) in [6, 6.07) is 11.2. The van der Waals surface area contributed by atoms with Crippen LogP contribution in [0.1, 0.15) is 30.1 Å². The second kappa shape index (κ2) is 11.1. The molecule has 0 unspecified atom stereocenters. The summed E-state index contributed by atoms with van der Waals surface area (Å²) in [5.41, 5.74) is 2.99. The Kier molecular flexibility index (Phi) is 8.11. The Hall–Kier alpha value is -3.08. The topological polar surface area (TPSA) is 102 Å². The van der Waals surface area contributed by atoms with Gasteiger partial charge < -0.3 is 20.0 Å². The summed E-state index contributed by atoms with van der Waals surface area (Å²) in [5, 5.41) is 10.3. The zero-order valence-corrected chi connectivity index (χ0v) is 20.9. The number of aromatic nitrogens is 3. The van der Waals surface area contributed by atoms with Gasteiger partial charge in [0.15, 0.2) is 0 Å². The molecule has 37 heavy (non-hydrogen) atoms. The molecule has 3 heterocycles. The van der Waals surface area contributed by atoms with Gasteiger partial charge in [0.25, 0.3) is 5.56 Å². The number of hydrogen-bond donors (Lipinski definition) is 3. The molecule has 5 rings (SSSR count). The first kappa shape index (κ1) is 27.0. The molecule has 196 valence electrons. The number of nitrogens with zero attached hydrogens (tertiary/aromatic N) is 2. The largest absolute Gasteiger partial charge is 0.490 e. The minimum Gasteiger partial charge on any atom is -0.475 e.